The molecule has 0 fully saturated rings. The molecule has 0 saturated heterocycles. The minimum atomic E-state index is -3.89. The number of carbonyl (C=O) groups excluding carboxylic acids is 2. The Balaban J connectivity index is 2.02. The molecule has 0 aromatic heterocycles. The van der Waals surface area contributed by atoms with Crippen LogP contribution in [0.2, 0.25) is 0 Å². The van der Waals surface area contributed by atoms with Crippen molar-refractivity contribution < 1.29 is 22.7 Å². The maximum absolute atomic E-state index is 12.5. The number of sulfonamides is 1. The lowest BCUT2D eigenvalue weighted by molar-refractivity contribution is -0.150. The Labute approximate surface area is 165 Å². The highest BCUT2D eigenvalue weighted by molar-refractivity contribution is 7.89. The molecule has 150 valence electrons. The third-order valence-corrected chi connectivity index (χ3v) is 5.57. The van der Waals surface area contributed by atoms with Crippen LogP contribution in [0.1, 0.15) is 13.8 Å². The third kappa shape index (κ3) is 5.64. The Kier molecular flexibility index (Phi) is 7.31. The molecule has 2 rings (SSSR count). The quantitative estimate of drug-likeness (QED) is 0.681. The topological polar surface area (TPSA) is 92.8 Å². The van der Waals surface area contributed by atoms with Gasteiger partial charge in [-0.3, -0.25) is 9.59 Å². The van der Waals surface area contributed by atoms with E-state index in [-0.39, 0.29) is 10.8 Å². The number of nitrogens with zero attached hydrogens (tertiary/aromatic N) is 1. The molecule has 1 N–H and O–H groups in total. The van der Waals surface area contributed by atoms with Gasteiger partial charge >= 0.3 is 5.97 Å². The molecule has 7 nitrogen and oxygen atoms in total. The number of rotatable bonds is 8. The highest BCUT2D eigenvalue weighted by atomic mass is 32.2. The lowest BCUT2D eigenvalue weighted by Crippen LogP contribution is -2.46. The minimum Gasteiger partial charge on any atom is -0.454 e. The molecule has 8 heteroatoms. The van der Waals surface area contributed by atoms with Gasteiger partial charge in [-0.15, -0.1) is 0 Å². The van der Waals surface area contributed by atoms with Crippen molar-refractivity contribution >= 4 is 27.6 Å². The Morgan fingerprint density at radius 1 is 1.00 bits per heavy atom. The van der Waals surface area contributed by atoms with Crippen LogP contribution in [0.25, 0.3) is 0 Å². The summed E-state index contributed by atoms with van der Waals surface area (Å²) in [5.74, 6) is -1.59. The number of anilines is 1. The molecular formula is C20H24N2O5S. The second kappa shape index (κ2) is 9.48. The summed E-state index contributed by atoms with van der Waals surface area (Å²) in [6.45, 7) is 2.90. The summed E-state index contributed by atoms with van der Waals surface area (Å²) >= 11 is 0. The van der Waals surface area contributed by atoms with E-state index >= 15 is 0 Å². The van der Waals surface area contributed by atoms with E-state index in [9.17, 15) is 18.0 Å². The minimum absolute atomic E-state index is 0.0494. The van der Waals surface area contributed by atoms with E-state index in [1.165, 1.54) is 17.0 Å². The molecule has 0 aliphatic rings. The molecule has 1 unspecified atom stereocenters. The van der Waals surface area contributed by atoms with Crippen LogP contribution >= 0.6 is 0 Å². The highest BCUT2D eigenvalue weighted by Gasteiger charge is 2.30. The fourth-order valence-corrected chi connectivity index (χ4v) is 3.76. The summed E-state index contributed by atoms with van der Waals surface area (Å²) in [6, 6.07) is 15.6. The van der Waals surface area contributed by atoms with Crippen LogP contribution in [0.15, 0.2) is 65.6 Å². The molecule has 0 radical (unpaired) electrons. The molecule has 1 atom stereocenters. The standard InChI is InChI=1S/C20H24N2O5S/c1-15(2)19(21-28(25,26)17-12-8-5-9-13-17)20(24)27-14-18(23)22(3)16-10-6-4-7-11-16/h4-13,15,19,21H,14H2,1-3H3. The number of hydrogen-bond donors (Lipinski definition) is 1. The van der Waals surface area contributed by atoms with E-state index < -0.39 is 34.5 Å². The van der Waals surface area contributed by atoms with Crippen LogP contribution in [0.5, 0.6) is 0 Å². The fraction of sp³-hybridized carbons (Fsp3) is 0.300. The Bertz CT molecular complexity index is 899. The van der Waals surface area contributed by atoms with Crippen LogP contribution in [0.4, 0.5) is 5.69 Å². The molecule has 0 spiro atoms. The first-order valence-electron chi connectivity index (χ1n) is 8.78. The number of hydrogen-bond acceptors (Lipinski definition) is 5. The zero-order chi connectivity index (χ0) is 20.7. The van der Waals surface area contributed by atoms with Gasteiger partial charge in [0, 0.05) is 12.7 Å². The van der Waals surface area contributed by atoms with Gasteiger partial charge in [-0.1, -0.05) is 50.2 Å². The van der Waals surface area contributed by atoms with Crippen LogP contribution in [0.3, 0.4) is 0 Å². The first kappa shape index (κ1) is 21.6. The predicted octanol–water partition coefficient (Wildman–Crippen LogP) is 2.20. The molecular weight excluding hydrogens is 380 g/mol. The smallest absolute Gasteiger partial charge is 0.324 e. The first-order chi connectivity index (χ1) is 13.2. The average Bonchev–Trinajstić information content (AvgIpc) is 2.70. The van der Waals surface area contributed by atoms with Gasteiger partial charge in [0.05, 0.1) is 4.90 Å². The van der Waals surface area contributed by atoms with Crippen molar-refractivity contribution in [2.24, 2.45) is 5.92 Å². The van der Waals surface area contributed by atoms with Gasteiger partial charge < -0.3 is 9.64 Å². The Morgan fingerprint density at radius 2 is 1.54 bits per heavy atom. The summed E-state index contributed by atoms with van der Waals surface area (Å²) in [4.78, 5) is 26.1. The molecule has 0 heterocycles. The normalized spacial score (nSPS) is 12.4. The molecule has 1 amide bonds. The summed E-state index contributed by atoms with van der Waals surface area (Å²) < 4.78 is 32.4. The van der Waals surface area contributed by atoms with E-state index in [0.29, 0.717) is 5.69 Å². The number of amides is 1. The van der Waals surface area contributed by atoms with Crippen LogP contribution < -0.4 is 9.62 Å². The highest BCUT2D eigenvalue weighted by Crippen LogP contribution is 2.14. The van der Waals surface area contributed by atoms with Crippen molar-refractivity contribution in [2.45, 2.75) is 24.8 Å². The largest absolute Gasteiger partial charge is 0.454 e. The van der Waals surface area contributed by atoms with Gasteiger partial charge in [-0.25, -0.2) is 8.42 Å². The van der Waals surface area contributed by atoms with Gasteiger partial charge in [-0.2, -0.15) is 4.72 Å². The monoisotopic (exact) mass is 404 g/mol. The lowest BCUT2D eigenvalue weighted by atomic mass is 10.1. The number of nitrogens with one attached hydrogen (secondary N) is 1. The molecule has 2 aromatic carbocycles. The zero-order valence-electron chi connectivity index (χ0n) is 16.0. The molecule has 0 bridgehead atoms. The number of carbonyl (C=O) groups is 2. The molecule has 0 saturated carbocycles. The van der Waals surface area contributed by atoms with Crippen LogP contribution in [0, 0.1) is 5.92 Å². The van der Waals surface area contributed by atoms with Crippen molar-refractivity contribution in [2.75, 3.05) is 18.6 Å². The summed E-state index contributed by atoms with van der Waals surface area (Å²) in [7, 11) is -2.32. The van der Waals surface area contributed by atoms with Crippen molar-refractivity contribution in [1.82, 2.24) is 4.72 Å². The predicted molar refractivity (Wildman–Crippen MR) is 106 cm³/mol. The van der Waals surface area contributed by atoms with Gasteiger partial charge in [0.1, 0.15) is 6.04 Å². The maximum Gasteiger partial charge on any atom is 0.324 e. The Hall–Kier alpha value is -2.71. The van der Waals surface area contributed by atoms with Crippen molar-refractivity contribution in [3.63, 3.8) is 0 Å². The SMILES string of the molecule is CC(C)C(NS(=O)(=O)c1ccccc1)C(=O)OCC(=O)N(C)c1ccccc1. The summed E-state index contributed by atoms with van der Waals surface area (Å²) in [5, 5.41) is 0. The number of likely N-dealkylation sites (N-methyl/N-ethyl adjacent to an activating group) is 1. The number of ether oxygens (including phenoxy) is 1. The summed E-state index contributed by atoms with van der Waals surface area (Å²) in [5.41, 5.74) is 0.661. The van der Waals surface area contributed by atoms with E-state index in [0.717, 1.165) is 0 Å². The fourth-order valence-electron chi connectivity index (χ4n) is 2.41. The number of benzene rings is 2. The van der Waals surface area contributed by atoms with Crippen LogP contribution in [-0.4, -0.2) is 40.0 Å². The number of para-hydroxylation sites is 1. The maximum atomic E-state index is 12.5. The number of esters is 1. The van der Waals surface area contributed by atoms with E-state index in [2.05, 4.69) is 4.72 Å². The van der Waals surface area contributed by atoms with Gasteiger partial charge in [0.15, 0.2) is 6.61 Å². The zero-order valence-corrected chi connectivity index (χ0v) is 16.8. The van der Waals surface area contributed by atoms with Gasteiger partial charge in [-0.05, 0) is 30.2 Å². The van der Waals surface area contributed by atoms with E-state index in [4.69, 9.17) is 4.74 Å². The van der Waals surface area contributed by atoms with Crippen molar-refractivity contribution in [3.05, 3.63) is 60.7 Å². The van der Waals surface area contributed by atoms with E-state index in [1.54, 1.807) is 63.4 Å². The lowest BCUT2D eigenvalue weighted by Gasteiger charge is -2.22. The van der Waals surface area contributed by atoms with Crippen molar-refractivity contribution in [1.29, 1.82) is 0 Å². The average molecular weight is 404 g/mol. The Morgan fingerprint density at radius 3 is 2.07 bits per heavy atom. The van der Waals surface area contributed by atoms with Gasteiger partial charge in [0.2, 0.25) is 10.0 Å². The second-order valence-electron chi connectivity index (χ2n) is 6.55. The summed E-state index contributed by atoms with van der Waals surface area (Å²) in [6.07, 6.45) is 0. The molecule has 0 aliphatic carbocycles. The van der Waals surface area contributed by atoms with Gasteiger partial charge in [0.25, 0.3) is 5.91 Å². The molecule has 28 heavy (non-hydrogen) atoms. The third-order valence-electron chi connectivity index (χ3n) is 4.11. The first-order valence-corrected chi connectivity index (χ1v) is 10.3. The van der Waals surface area contributed by atoms with E-state index in [1.807, 2.05) is 6.07 Å². The van der Waals surface area contributed by atoms with Crippen LogP contribution in [-0.2, 0) is 24.3 Å². The molecule has 2 aromatic rings. The second-order valence-corrected chi connectivity index (χ2v) is 8.27. The van der Waals surface area contributed by atoms with Crippen molar-refractivity contribution in [3.8, 4) is 0 Å². The molecule has 0 aliphatic heterocycles.